The first-order valence-corrected chi connectivity index (χ1v) is 13.9. The van der Waals surface area contributed by atoms with Crippen LogP contribution < -0.4 is 27.4 Å². The number of hydrogen-bond donors (Lipinski definition) is 6. The van der Waals surface area contributed by atoms with Gasteiger partial charge in [0.25, 0.3) is 5.91 Å². The molecule has 4 amide bonds. The van der Waals surface area contributed by atoms with Crippen molar-refractivity contribution >= 4 is 23.6 Å². The number of carbonyl (C=O) groups is 4. The van der Waals surface area contributed by atoms with Crippen molar-refractivity contribution in [2.75, 3.05) is 6.54 Å². The minimum atomic E-state index is -1.56. The van der Waals surface area contributed by atoms with Crippen LogP contribution in [0.15, 0.2) is 60.7 Å². The Balaban J connectivity index is 1.68. The van der Waals surface area contributed by atoms with Gasteiger partial charge < -0.3 is 32.5 Å². The van der Waals surface area contributed by atoms with Crippen molar-refractivity contribution in [2.45, 2.75) is 75.6 Å². The van der Waals surface area contributed by atoms with E-state index in [1.54, 1.807) is 0 Å². The van der Waals surface area contributed by atoms with E-state index in [-0.39, 0.29) is 12.8 Å². The van der Waals surface area contributed by atoms with Crippen LogP contribution in [0.1, 0.15) is 49.7 Å². The number of aliphatic hydroxyl groups is 1. The molecule has 40 heavy (non-hydrogen) atoms. The Morgan fingerprint density at radius 1 is 0.800 bits per heavy atom. The molecule has 0 radical (unpaired) electrons. The van der Waals surface area contributed by atoms with E-state index in [2.05, 4.69) is 16.0 Å². The predicted octanol–water partition coefficient (Wildman–Crippen LogP) is 0.702. The van der Waals surface area contributed by atoms with Gasteiger partial charge in [-0.2, -0.15) is 0 Å². The van der Waals surface area contributed by atoms with Crippen LogP contribution in [0.3, 0.4) is 0 Å². The van der Waals surface area contributed by atoms with Gasteiger partial charge in [0.15, 0.2) is 6.10 Å². The molecule has 0 bridgehead atoms. The maximum atomic E-state index is 13.3. The van der Waals surface area contributed by atoms with Crippen molar-refractivity contribution in [1.29, 1.82) is 0 Å². The highest BCUT2D eigenvalue weighted by atomic mass is 16.3. The van der Waals surface area contributed by atoms with Gasteiger partial charge >= 0.3 is 0 Å². The largest absolute Gasteiger partial charge is 0.381 e. The fraction of sp³-hybridized carbons (Fsp3) is 0.467. The Kier molecular flexibility index (Phi) is 12.1. The zero-order valence-electron chi connectivity index (χ0n) is 22.8. The van der Waals surface area contributed by atoms with E-state index in [0.717, 1.165) is 36.8 Å². The normalized spacial score (nSPS) is 16.6. The van der Waals surface area contributed by atoms with Gasteiger partial charge in [0.2, 0.25) is 17.7 Å². The fourth-order valence-corrected chi connectivity index (χ4v) is 4.97. The molecule has 1 saturated carbocycles. The van der Waals surface area contributed by atoms with E-state index in [9.17, 15) is 24.3 Å². The lowest BCUT2D eigenvalue weighted by atomic mass is 9.89. The molecule has 0 heterocycles. The standard InChI is InChI=1S/C30H41N5O5/c31-23(16-20-10-4-1-5-11-20)28(38)35-25(18-26(32)36)29(39)34-24(17-21-12-6-2-7-13-21)27(37)30(40)33-19-22-14-8-3-9-15-22/h1-2,4-7,10-13,22-25,27,37H,3,8-9,14-19,31H2,(H2,32,36)(H,33,40)(H,34,39)(H,35,38)/t23-,24-,25-,27-/m0/s1. The van der Waals surface area contributed by atoms with E-state index in [1.807, 2.05) is 60.7 Å². The molecule has 0 spiro atoms. The number of hydrogen-bond acceptors (Lipinski definition) is 6. The number of nitrogens with one attached hydrogen (secondary N) is 3. The van der Waals surface area contributed by atoms with Crippen molar-refractivity contribution in [2.24, 2.45) is 17.4 Å². The minimum absolute atomic E-state index is 0.148. The molecule has 0 aliphatic heterocycles. The van der Waals surface area contributed by atoms with Gasteiger partial charge in [-0.3, -0.25) is 19.2 Å². The molecule has 1 fully saturated rings. The van der Waals surface area contributed by atoms with Crippen LogP contribution in [-0.2, 0) is 32.0 Å². The molecule has 3 rings (SSSR count). The second-order valence-electron chi connectivity index (χ2n) is 10.5. The molecule has 4 atom stereocenters. The maximum Gasteiger partial charge on any atom is 0.251 e. The van der Waals surface area contributed by atoms with Crippen LogP contribution in [0, 0.1) is 5.92 Å². The van der Waals surface area contributed by atoms with E-state index >= 15 is 0 Å². The van der Waals surface area contributed by atoms with Crippen LogP contribution in [-0.4, -0.2) is 59.5 Å². The molecule has 10 nitrogen and oxygen atoms in total. The summed E-state index contributed by atoms with van der Waals surface area (Å²) >= 11 is 0. The van der Waals surface area contributed by atoms with E-state index in [4.69, 9.17) is 11.5 Å². The summed E-state index contributed by atoms with van der Waals surface area (Å²) in [5, 5.41) is 19.0. The Hall–Kier alpha value is -3.76. The second kappa shape index (κ2) is 15.7. The quantitative estimate of drug-likeness (QED) is 0.201. The van der Waals surface area contributed by atoms with Crippen molar-refractivity contribution in [3.8, 4) is 0 Å². The lowest BCUT2D eigenvalue weighted by molar-refractivity contribution is -0.135. The zero-order valence-corrected chi connectivity index (χ0v) is 22.8. The lowest BCUT2D eigenvalue weighted by Gasteiger charge is -2.28. The van der Waals surface area contributed by atoms with Gasteiger partial charge in [-0.25, -0.2) is 0 Å². The first-order valence-electron chi connectivity index (χ1n) is 13.9. The average molecular weight is 552 g/mol. The Labute approximate surface area is 235 Å². The number of benzene rings is 2. The second-order valence-corrected chi connectivity index (χ2v) is 10.5. The Bertz CT molecular complexity index is 1110. The number of rotatable bonds is 14. The lowest BCUT2D eigenvalue weighted by Crippen LogP contribution is -2.58. The highest BCUT2D eigenvalue weighted by Gasteiger charge is 2.32. The van der Waals surface area contributed by atoms with E-state index in [0.29, 0.717) is 12.5 Å². The minimum Gasteiger partial charge on any atom is -0.381 e. The van der Waals surface area contributed by atoms with Gasteiger partial charge in [-0.15, -0.1) is 0 Å². The zero-order chi connectivity index (χ0) is 28.9. The number of carbonyl (C=O) groups excluding carboxylic acids is 4. The maximum absolute atomic E-state index is 13.3. The van der Waals surface area contributed by atoms with Crippen molar-refractivity contribution < 1.29 is 24.3 Å². The fourth-order valence-electron chi connectivity index (χ4n) is 4.97. The predicted molar refractivity (Wildman–Crippen MR) is 152 cm³/mol. The summed E-state index contributed by atoms with van der Waals surface area (Å²) < 4.78 is 0. The molecule has 0 saturated heterocycles. The highest BCUT2D eigenvalue weighted by molar-refractivity contribution is 5.93. The van der Waals surface area contributed by atoms with Crippen molar-refractivity contribution in [3.63, 3.8) is 0 Å². The third kappa shape index (κ3) is 10.1. The van der Waals surface area contributed by atoms with Gasteiger partial charge in [-0.05, 0) is 42.7 Å². The summed E-state index contributed by atoms with van der Waals surface area (Å²) in [5.41, 5.74) is 13.0. The van der Waals surface area contributed by atoms with Crippen LogP contribution in [0.5, 0.6) is 0 Å². The first-order chi connectivity index (χ1) is 19.2. The van der Waals surface area contributed by atoms with Gasteiger partial charge in [0, 0.05) is 6.54 Å². The van der Waals surface area contributed by atoms with Gasteiger partial charge in [-0.1, -0.05) is 79.9 Å². The third-order valence-corrected chi connectivity index (χ3v) is 7.24. The third-order valence-electron chi connectivity index (χ3n) is 7.24. The molecule has 10 heteroatoms. The monoisotopic (exact) mass is 551 g/mol. The molecular formula is C30H41N5O5. The number of amides is 4. The van der Waals surface area contributed by atoms with Crippen LogP contribution in [0.4, 0.5) is 0 Å². The molecular weight excluding hydrogens is 510 g/mol. The Morgan fingerprint density at radius 3 is 1.95 bits per heavy atom. The van der Waals surface area contributed by atoms with Crippen molar-refractivity contribution in [3.05, 3.63) is 71.8 Å². The van der Waals surface area contributed by atoms with E-state index in [1.165, 1.54) is 6.42 Å². The Morgan fingerprint density at radius 2 is 1.38 bits per heavy atom. The number of nitrogens with two attached hydrogens (primary N) is 2. The van der Waals surface area contributed by atoms with Crippen LogP contribution >= 0.6 is 0 Å². The summed E-state index contributed by atoms with van der Waals surface area (Å²) in [6, 6.07) is 14.9. The molecule has 8 N–H and O–H groups in total. The van der Waals surface area contributed by atoms with Gasteiger partial charge in [0.05, 0.1) is 18.5 Å². The molecule has 2 aromatic rings. The molecule has 1 aliphatic rings. The molecule has 2 aromatic carbocycles. The smallest absolute Gasteiger partial charge is 0.251 e. The average Bonchev–Trinajstić information content (AvgIpc) is 2.96. The molecule has 0 unspecified atom stereocenters. The van der Waals surface area contributed by atoms with Crippen molar-refractivity contribution in [1.82, 2.24) is 16.0 Å². The summed E-state index contributed by atoms with van der Waals surface area (Å²) in [7, 11) is 0. The van der Waals surface area contributed by atoms with Crippen LogP contribution in [0.2, 0.25) is 0 Å². The topological polar surface area (TPSA) is 177 Å². The van der Waals surface area contributed by atoms with Gasteiger partial charge in [0.1, 0.15) is 6.04 Å². The SMILES string of the molecule is NC(=O)C[C@H](NC(=O)[C@@H](N)Cc1ccccc1)C(=O)N[C@@H](Cc1ccccc1)[C@H](O)C(=O)NCC1CCCCC1. The first kappa shape index (κ1) is 30.8. The summed E-state index contributed by atoms with van der Waals surface area (Å²) in [6.07, 6.45) is 3.84. The molecule has 0 aromatic heterocycles. The number of aliphatic hydroxyl groups excluding tert-OH is 1. The van der Waals surface area contributed by atoms with Crippen LogP contribution in [0.25, 0.3) is 0 Å². The summed E-state index contributed by atoms with van der Waals surface area (Å²) in [4.78, 5) is 50.8. The molecule has 1 aliphatic carbocycles. The van der Waals surface area contributed by atoms with E-state index < -0.39 is 54.3 Å². The number of primary amides is 1. The molecule has 216 valence electrons. The summed E-state index contributed by atoms with van der Waals surface area (Å²) in [5.74, 6) is -2.41. The highest BCUT2D eigenvalue weighted by Crippen LogP contribution is 2.22. The summed E-state index contributed by atoms with van der Waals surface area (Å²) in [6.45, 7) is 0.460.